The Morgan fingerprint density at radius 3 is 2.27 bits per heavy atom. The van der Waals surface area contributed by atoms with Gasteiger partial charge in [-0.05, 0) is 35.9 Å². The van der Waals surface area contributed by atoms with Crippen molar-refractivity contribution in [3.8, 4) is 5.75 Å². The monoisotopic (exact) mass is 531 g/mol. The third-order valence-electron chi connectivity index (χ3n) is 6.11. The van der Waals surface area contributed by atoms with Crippen LogP contribution in [-0.4, -0.2) is 28.2 Å². The highest BCUT2D eigenvalue weighted by Crippen LogP contribution is 2.21. The molecule has 5 rings (SSSR count). The van der Waals surface area contributed by atoms with Gasteiger partial charge in [-0.15, -0.1) is 0 Å². The minimum Gasteiger partial charge on any atom is -0.488 e. The topological polar surface area (TPSA) is 126 Å². The largest absolute Gasteiger partial charge is 0.488 e. The van der Waals surface area contributed by atoms with Crippen molar-refractivity contribution in [2.75, 3.05) is 0 Å². The van der Waals surface area contributed by atoms with Crippen LogP contribution >= 0.6 is 0 Å². The predicted molar refractivity (Wildman–Crippen MR) is 152 cm³/mol. The number of nitrogens with one attached hydrogen (secondary N) is 3. The second kappa shape index (κ2) is 12.3. The van der Waals surface area contributed by atoms with E-state index in [1.807, 2.05) is 54.6 Å². The number of nitrogens with zero attached hydrogens (tertiary/aromatic N) is 2. The van der Waals surface area contributed by atoms with Crippen LogP contribution in [0.1, 0.15) is 33.2 Å². The van der Waals surface area contributed by atoms with Gasteiger partial charge in [0.05, 0.1) is 11.6 Å². The standard InChI is InChI=1S/C31H25N5O4/c37-29(22-13-5-2-6-14-22)33-28(27-24-16-8-9-17-25(24)30(38)36-34-27)31(39)35-32-19-23-15-7-10-18-26(23)40-20-21-11-3-1-4-12-21/h1-19,28H,20H2,(H,33,37)(H,35,39)(H,36,38)/b32-19-/t28-/m0/s1. The van der Waals surface area contributed by atoms with Gasteiger partial charge in [-0.1, -0.05) is 78.9 Å². The Morgan fingerprint density at radius 1 is 0.850 bits per heavy atom. The molecule has 0 aliphatic heterocycles. The van der Waals surface area contributed by atoms with Gasteiger partial charge in [-0.25, -0.2) is 10.5 Å². The average Bonchev–Trinajstić information content (AvgIpc) is 3.01. The fourth-order valence-corrected chi connectivity index (χ4v) is 4.10. The first-order valence-corrected chi connectivity index (χ1v) is 12.5. The third kappa shape index (κ3) is 6.11. The van der Waals surface area contributed by atoms with Crippen LogP contribution in [0, 0.1) is 0 Å². The van der Waals surface area contributed by atoms with Crippen molar-refractivity contribution in [1.82, 2.24) is 20.9 Å². The molecule has 0 saturated heterocycles. The highest BCUT2D eigenvalue weighted by molar-refractivity contribution is 5.99. The smallest absolute Gasteiger partial charge is 0.272 e. The number of amides is 2. The lowest BCUT2D eigenvalue weighted by Crippen LogP contribution is -2.40. The number of rotatable bonds is 9. The predicted octanol–water partition coefficient (Wildman–Crippen LogP) is 4.12. The minimum absolute atomic E-state index is 0.179. The zero-order valence-electron chi connectivity index (χ0n) is 21.3. The van der Waals surface area contributed by atoms with E-state index in [4.69, 9.17) is 4.74 Å². The Hall–Kier alpha value is -5.57. The van der Waals surface area contributed by atoms with E-state index in [9.17, 15) is 14.4 Å². The molecular formula is C31H25N5O4. The van der Waals surface area contributed by atoms with E-state index in [2.05, 4.69) is 26.0 Å². The molecule has 9 heteroatoms. The maximum Gasteiger partial charge on any atom is 0.272 e. The summed E-state index contributed by atoms with van der Waals surface area (Å²) in [5.74, 6) is -0.541. The first-order chi connectivity index (χ1) is 19.6. The lowest BCUT2D eigenvalue weighted by molar-refractivity contribution is -0.123. The molecule has 0 radical (unpaired) electrons. The molecule has 3 N–H and O–H groups in total. The van der Waals surface area contributed by atoms with Crippen LogP contribution in [0.5, 0.6) is 5.75 Å². The Kier molecular flexibility index (Phi) is 8.02. The van der Waals surface area contributed by atoms with Crippen LogP contribution in [0.4, 0.5) is 0 Å². The summed E-state index contributed by atoms with van der Waals surface area (Å²) in [6.07, 6.45) is 1.46. The summed E-state index contributed by atoms with van der Waals surface area (Å²) in [5.41, 5.74) is 4.30. The lowest BCUT2D eigenvalue weighted by Gasteiger charge is -2.18. The molecule has 4 aromatic carbocycles. The van der Waals surface area contributed by atoms with Gasteiger partial charge in [0.15, 0.2) is 6.04 Å². The molecule has 0 aliphatic carbocycles. The second-order valence-corrected chi connectivity index (χ2v) is 8.80. The Morgan fingerprint density at radius 2 is 1.50 bits per heavy atom. The maximum absolute atomic E-state index is 13.4. The fraction of sp³-hybridized carbons (Fsp3) is 0.0645. The van der Waals surface area contributed by atoms with E-state index in [0.717, 1.165) is 5.56 Å². The first kappa shape index (κ1) is 26.1. The number of hydrazone groups is 1. The van der Waals surface area contributed by atoms with Crippen molar-refractivity contribution in [2.45, 2.75) is 12.6 Å². The number of hydrogen-bond donors (Lipinski definition) is 3. The number of para-hydroxylation sites is 1. The zero-order valence-corrected chi connectivity index (χ0v) is 21.3. The van der Waals surface area contributed by atoms with Crippen molar-refractivity contribution in [3.05, 3.63) is 142 Å². The number of aromatic amines is 1. The number of aromatic nitrogens is 2. The molecule has 9 nitrogen and oxygen atoms in total. The number of H-pyrrole nitrogens is 1. The van der Waals surface area contributed by atoms with Crippen molar-refractivity contribution in [1.29, 1.82) is 0 Å². The molecule has 0 bridgehead atoms. The second-order valence-electron chi connectivity index (χ2n) is 8.80. The molecule has 1 heterocycles. The Bertz CT molecular complexity index is 1720. The molecule has 0 saturated carbocycles. The van der Waals surface area contributed by atoms with Gasteiger partial charge >= 0.3 is 0 Å². The van der Waals surface area contributed by atoms with Gasteiger partial charge in [0.2, 0.25) is 0 Å². The third-order valence-corrected chi connectivity index (χ3v) is 6.11. The van der Waals surface area contributed by atoms with Crippen molar-refractivity contribution >= 4 is 28.8 Å². The van der Waals surface area contributed by atoms with E-state index in [1.165, 1.54) is 6.21 Å². The molecule has 5 aromatic rings. The van der Waals surface area contributed by atoms with E-state index in [-0.39, 0.29) is 5.69 Å². The number of benzene rings is 4. The Balaban J connectivity index is 1.39. The van der Waals surface area contributed by atoms with Gasteiger partial charge in [0, 0.05) is 16.5 Å². The number of carbonyl (C=O) groups is 2. The molecule has 0 spiro atoms. The van der Waals surface area contributed by atoms with Crippen molar-refractivity contribution in [2.24, 2.45) is 5.10 Å². The molecule has 0 aliphatic rings. The quantitative estimate of drug-likeness (QED) is 0.195. The summed E-state index contributed by atoms with van der Waals surface area (Å²) in [7, 11) is 0. The van der Waals surface area contributed by atoms with Crippen LogP contribution in [-0.2, 0) is 11.4 Å². The number of ether oxygens (including phenoxy) is 1. The minimum atomic E-state index is -1.25. The molecule has 0 fully saturated rings. The van der Waals surface area contributed by atoms with E-state index < -0.39 is 23.4 Å². The van der Waals surface area contributed by atoms with E-state index in [1.54, 1.807) is 54.6 Å². The number of carbonyl (C=O) groups excluding carboxylic acids is 2. The average molecular weight is 532 g/mol. The molecule has 1 atom stereocenters. The molecular weight excluding hydrogens is 506 g/mol. The summed E-state index contributed by atoms with van der Waals surface area (Å²) >= 11 is 0. The number of hydrogen-bond acceptors (Lipinski definition) is 6. The molecule has 1 aromatic heterocycles. The van der Waals surface area contributed by atoms with Gasteiger partial charge in [-0.2, -0.15) is 10.2 Å². The fourth-order valence-electron chi connectivity index (χ4n) is 4.10. The van der Waals surface area contributed by atoms with Crippen LogP contribution in [0.3, 0.4) is 0 Å². The summed E-state index contributed by atoms with van der Waals surface area (Å²) in [6, 6.07) is 31.0. The van der Waals surface area contributed by atoms with Gasteiger partial charge < -0.3 is 10.1 Å². The van der Waals surface area contributed by atoms with Crippen LogP contribution in [0.15, 0.2) is 119 Å². The first-order valence-electron chi connectivity index (χ1n) is 12.5. The lowest BCUT2D eigenvalue weighted by atomic mass is 10.0. The highest BCUT2D eigenvalue weighted by Gasteiger charge is 2.27. The molecule has 0 unspecified atom stereocenters. The summed E-state index contributed by atoms with van der Waals surface area (Å²) in [6.45, 7) is 0.372. The Labute approximate surface area is 229 Å². The zero-order chi connectivity index (χ0) is 27.7. The van der Waals surface area contributed by atoms with Gasteiger partial charge in [0.1, 0.15) is 18.1 Å². The SMILES string of the molecule is O=C(N[C@H](C(=O)N/N=C\c1ccccc1OCc1ccccc1)c1n[nH]c(=O)c2ccccc12)c1ccccc1. The van der Waals surface area contributed by atoms with Crippen LogP contribution in [0.25, 0.3) is 10.8 Å². The van der Waals surface area contributed by atoms with E-state index in [0.29, 0.717) is 34.3 Å². The van der Waals surface area contributed by atoms with Crippen molar-refractivity contribution < 1.29 is 14.3 Å². The summed E-state index contributed by atoms with van der Waals surface area (Å²) < 4.78 is 5.95. The van der Waals surface area contributed by atoms with Gasteiger partial charge in [-0.3, -0.25) is 14.4 Å². The summed E-state index contributed by atoms with van der Waals surface area (Å²) in [4.78, 5) is 38.8. The summed E-state index contributed by atoms with van der Waals surface area (Å²) in [5, 5.41) is 14.2. The molecule has 198 valence electrons. The van der Waals surface area contributed by atoms with Crippen LogP contribution < -0.4 is 21.0 Å². The number of fused-ring (bicyclic) bond motifs is 1. The van der Waals surface area contributed by atoms with Gasteiger partial charge in [0.25, 0.3) is 17.4 Å². The maximum atomic E-state index is 13.4. The molecule has 40 heavy (non-hydrogen) atoms. The van der Waals surface area contributed by atoms with E-state index >= 15 is 0 Å². The van der Waals surface area contributed by atoms with Crippen molar-refractivity contribution in [3.63, 3.8) is 0 Å². The highest BCUT2D eigenvalue weighted by atomic mass is 16.5. The molecule has 2 amide bonds. The van der Waals surface area contributed by atoms with Crippen LogP contribution in [0.2, 0.25) is 0 Å². The normalized spacial score (nSPS) is 11.7.